The Morgan fingerprint density at radius 2 is 1.96 bits per heavy atom. The lowest BCUT2D eigenvalue weighted by molar-refractivity contribution is 0.0526. The highest BCUT2D eigenvalue weighted by molar-refractivity contribution is 7.80. The van der Waals surface area contributed by atoms with Gasteiger partial charge in [0.1, 0.15) is 5.82 Å². The van der Waals surface area contributed by atoms with Crippen LogP contribution in [0.3, 0.4) is 0 Å². The molecule has 0 saturated carbocycles. The maximum Gasteiger partial charge on any atom is 0.339 e. The Labute approximate surface area is 162 Å². The number of hydrogen-bond donors (Lipinski definition) is 2. The van der Waals surface area contributed by atoms with Gasteiger partial charge in [-0.25, -0.2) is 9.18 Å². The molecule has 0 spiro atoms. The number of carbonyl (C=O) groups excluding carboxylic acids is 1. The molecule has 4 nitrogen and oxygen atoms in total. The second kappa shape index (κ2) is 10.1. The number of hydrogen-bond acceptors (Lipinski definition) is 3. The fourth-order valence-corrected chi connectivity index (χ4v) is 2.70. The molecule has 0 fully saturated rings. The Morgan fingerprint density at radius 3 is 2.65 bits per heavy atom. The highest BCUT2D eigenvalue weighted by Crippen LogP contribution is 2.21. The molecule has 0 heterocycles. The third-order valence-corrected chi connectivity index (χ3v) is 4.14. The summed E-state index contributed by atoms with van der Waals surface area (Å²) in [7, 11) is 0. The molecular formula is C19H20ClFN2O2S. The Bertz CT molecular complexity index is 769. The van der Waals surface area contributed by atoms with Gasteiger partial charge in [-0.2, -0.15) is 0 Å². The van der Waals surface area contributed by atoms with Crippen LogP contribution >= 0.6 is 23.8 Å². The van der Waals surface area contributed by atoms with Crippen molar-refractivity contribution >= 4 is 40.6 Å². The van der Waals surface area contributed by atoms with Crippen LogP contribution in [0.25, 0.3) is 0 Å². The molecule has 26 heavy (non-hydrogen) atoms. The van der Waals surface area contributed by atoms with Gasteiger partial charge < -0.3 is 15.4 Å². The molecule has 2 N–H and O–H groups in total. The number of thiocarbonyl (C=S) groups is 1. The Kier molecular flexibility index (Phi) is 7.81. The molecule has 0 radical (unpaired) electrons. The van der Waals surface area contributed by atoms with Crippen LogP contribution in [-0.4, -0.2) is 24.2 Å². The minimum atomic E-state index is -0.473. The first kappa shape index (κ1) is 20.1. The molecular weight excluding hydrogens is 375 g/mol. The van der Waals surface area contributed by atoms with Crippen molar-refractivity contribution in [2.75, 3.05) is 18.5 Å². The highest BCUT2D eigenvalue weighted by atomic mass is 35.5. The maximum atomic E-state index is 12.9. The second-order valence-corrected chi connectivity index (χ2v) is 6.34. The van der Waals surface area contributed by atoms with Crippen LogP contribution in [0.2, 0.25) is 5.02 Å². The molecule has 2 aromatic carbocycles. The van der Waals surface area contributed by atoms with E-state index in [-0.39, 0.29) is 18.0 Å². The number of ether oxygens (including phenoxy) is 1. The third-order valence-electron chi connectivity index (χ3n) is 3.56. The van der Waals surface area contributed by atoms with Crippen LogP contribution in [0.5, 0.6) is 0 Å². The van der Waals surface area contributed by atoms with Crippen molar-refractivity contribution in [3.8, 4) is 0 Å². The SMILES string of the molecule is CCOC(=O)c1cc(NC(=S)NCCCc2ccc(F)cc2)ccc1Cl. The Morgan fingerprint density at radius 1 is 1.23 bits per heavy atom. The number of anilines is 1. The monoisotopic (exact) mass is 394 g/mol. The van der Waals surface area contributed by atoms with E-state index < -0.39 is 5.97 Å². The first-order valence-corrected chi connectivity index (χ1v) is 9.04. The smallest absolute Gasteiger partial charge is 0.339 e. The van der Waals surface area contributed by atoms with Crippen molar-refractivity contribution in [3.05, 3.63) is 64.4 Å². The molecule has 0 saturated heterocycles. The van der Waals surface area contributed by atoms with Gasteiger partial charge in [0.25, 0.3) is 0 Å². The Hall–Kier alpha value is -2.18. The quantitative estimate of drug-likeness (QED) is 0.409. The molecule has 2 aromatic rings. The number of halogens is 2. The summed E-state index contributed by atoms with van der Waals surface area (Å²) in [4.78, 5) is 11.9. The zero-order chi connectivity index (χ0) is 18.9. The normalized spacial score (nSPS) is 10.3. The van der Waals surface area contributed by atoms with E-state index in [9.17, 15) is 9.18 Å². The van der Waals surface area contributed by atoms with Crippen molar-refractivity contribution in [2.24, 2.45) is 0 Å². The van der Waals surface area contributed by atoms with E-state index in [0.29, 0.717) is 22.4 Å². The minimum Gasteiger partial charge on any atom is -0.462 e. The van der Waals surface area contributed by atoms with Crippen LogP contribution in [0.1, 0.15) is 29.3 Å². The molecule has 0 unspecified atom stereocenters. The molecule has 0 aliphatic heterocycles. The van der Waals surface area contributed by atoms with Crippen molar-refractivity contribution in [1.82, 2.24) is 5.32 Å². The summed E-state index contributed by atoms with van der Waals surface area (Å²) in [5.74, 6) is -0.707. The fourth-order valence-electron chi connectivity index (χ4n) is 2.29. The average molecular weight is 395 g/mol. The van der Waals surface area contributed by atoms with E-state index in [4.69, 9.17) is 28.6 Å². The summed E-state index contributed by atoms with van der Waals surface area (Å²) in [5, 5.41) is 6.89. The zero-order valence-corrected chi connectivity index (χ0v) is 15.9. The van der Waals surface area contributed by atoms with Crippen LogP contribution < -0.4 is 10.6 Å². The van der Waals surface area contributed by atoms with Gasteiger partial charge in [-0.05, 0) is 67.9 Å². The molecule has 138 valence electrons. The summed E-state index contributed by atoms with van der Waals surface area (Å²) in [5.41, 5.74) is 2.01. The van der Waals surface area contributed by atoms with Gasteiger partial charge in [-0.3, -0.25) is 0 Å². The van der Waals surface area contributed by atoms with Gasteiger partial charge in [0.2, 0.25) is 0 Å². The minimum absolute atomic E-state index is 0.234. The molecule has 0 aliphatic rings. The number of rotatable bonds is 7. The predicted molar refractivity (Wildman–Crippen MR) is 106 cm³/mol. The third kappa shape index (κ3) is 6.28. The molecule has 0 amide bonds. The maximum absolute atomic E-state index is 12.9. The van der Waals surface area contributed by atoms with E-state index >= 15 is 0 Å². The summed E-state index contributed by atoms with van der Waals surface area (Å²) >= 11 is 11.3. The molecule has 0 aliphatic carbocycles. The van der Waals surface area contributed by atoms with E-state index in [1.54, 1.807) is 37.3 Å². The van der Waals surface area contributed by atoms with Crippen molar-refractivity contribution < 1.29 is 13.9 Å². The molecule has 0 aromatic heterocycles. The fraction of sp³-hybridized carbons (Fsp3) is 0.263. The van der Waals surface area contributed by atoms with Crippen LogP contribution in [0.15, 0.2) is 42.5 Å². The second-order valence-electron chi connectivity index (χ2n) is 5.53. The van der Waals surface area contributed by atoms with Gasteiger partial charge in [-0.15, -0.1) is 0 Å². The van der Waals surface area contributed by atoms with E-state index in [1.165, 1.54) is 12.1 Å². The molecule has 2 rings (SSSR count). The predicted octanol–water partition coefficient (Wildman–Crippen LogP) is 4.58. The topological polar surface area (TPSA) is 50.4 Å². The van der Waals surface area contributed by atoms with Crippen molar-refractivity contribution in [1.29, 1.82) is 0 Å². The number of carbonyl (C=O) groups is 1. The summed E-state index contributed by atoms with van der Waals surface area (Å²) in [6.07, 6.45) is 1.67. The zero-order valence-electron chi connectivity index (χ0n) is 14.4. The molecule has 7 heteroatoms. The lowest BCUT2D eigenvalue weighted by atomic mass is 10.1. The lowest BCUT2D eigenvalue weighted by Gasteiger charge is -2.12. The number of aryl methyl sites for hydroxylation is 1. The first-order chi connectivity index (χ1) is 12.5. The lowest BCUT2D eigenvalue weighted by Crippen LogP contribution is -2.29. The summed E-state index contributed by atoms with van der Waals surface area (Å²) in [6, 6.07) is 11.4. The van der Waals surface area contributed by atoms with E-state index in [2.05, 4.69) is 10.6 Å². The van der Waals surface area contributed by atoms with E-state index in [0.717, 1.165) is 18.4 Å². The van der Waals surface area contributed by atoms with Gasteiger partial charge in [0.15, 0.2) is 5.11 Å². The summed E-state index contributed by atoms with van der Waals surface area (Å²) in [6.45, 7) is 2.68. The van der Waals surface area contributed by atoms with Crippen LogP contribution in [-0.2, 0) is 11.2 Å². The number of benzene rings is 2. The standard InChI is InChI=1S/C19H20ClFN2O2S/c1-2-25-18(24)16-12-15(9-10-17(16)20)23-19(26)22-11-3-4-13-5-7-14(21)8-6-13/h5-10,12H,2-4,11H2,1H3,(H2,22,23,26). The summed E-state index contributed by atoms with van der Waals surface area (Å²) < 4.78 is 17.8. The Balaban J connectivity index is 1.81. The van der Waals surface area contributed by atoms with Crippen molar-refractivity contribution in [3.63, 3.8) is 0 Å². The van der Waals surface area contributed by atoms with Gasteiger partial charge >= 0.3 is 5.97 Å². The number of esters is 1. The van der Waals surface area contributed by atoms with E-state index in [1.807, 2.05) is 0 Å². The van der Waals surface area contributed by atoms with Gasteiger partial charge in [-0.1, -0.05) is 23.7 Å². The molecule has 0 atom stereocenters. The number of nitrogens with one attached hydrogen (secondary N) is 2. The van der Waals surface area contributed by atoms with Gasteiger partial charge in [0.05, 0.1) is 17.2 Å². The average Bonchev–Trinajstić information content (AvgIpc) is 2.62. The van der Waals surface area contributed by atoms with Crippen LogP contribution in [0, 0.1) is 5.82 Å². The first-order valence-electron chi connectivity index (χ1n) is 8.25. The molecule has 0 bridgehead atoms. The van der Waals surface area contributed by atoms with Gasteiger partial charge in [0, 0.05) is 12.2 Å². The largest absolute Gasteiger partial charge is 0.462 e. The van der Waals surface area contributed by atoms with Crippen molar-refractivity contribution in [2.45, 2.75) is 19.8 Å². The highest BCUT2D eigenvalue weighted by Gasteiger charge is 2.12. The van der Waals surface area contributed by atoms with Crippen LogP contribution in [0.4, 0.5) is 10.1 Å².